The summed E-state index contributed by atoms with van der Waals surface area (Å²) in [4.78, 5) is 24.7. The molecule has 0 aliphatic heterocycles. The van der Waals surface area contributed by atoms with Gasteiger partial charge in [0.1, 0.15) is 5.78 Å². The summed E-state index contributed by atoms with van der Waals surface area (Å²) in [7, 11) is 0. The van der Waals surface area contributed by atoms with Crippen molar-refractivity contribution in [3.05, 3.63) is 23.8 Å². The number of nitrogens with one attached hydrogen (secondary N) is 1. The fraction of sp³-hybridized carbons (Fsp3) is 0.727. The molecule has 1 N–H and O–H groups in total. The summed E-state index contributed by atoms with van der Waals surface area (Å²) in [6.07, 6.45) is 12.0. The van der Waals surface area contributed by atoms with Crippen LogP contribution in [-0.2, 0) is 9.59 Å². The van der Waals surface area contributed by atoms with E-state index in [4.69, 9.17) is 0 Å². The number of ketones is 2. The zero-order valence-corrected chi connectivity index (χ0v) is 15.8. The average molecular weight is 341 g/mol. The van der Waals surface area contributed by atoms with Gasteiger partial charge in [0.2, 0.25) is 0 Å². The van der Waals surface area contributed by atoms with E-state index >= 15 is 0 Å². The van der Waals surface area contributed by atoms with E-state index in [1.807, 2.05) is 6.08 Å². The van der Waals surface area contributed by atoms with Crippen LogP contribution in [0.25, 0.3) is 0 Å². The maximum Gasteiger partial charge on any atom is 0.178 e. The Labute approximate surface area is 151 Å². The van der Waals surface area contributed by atoms with E-state index in [1.165, 1.54) is 5.57 Å². The van der Waals surface area contributed by atoms with Gasteiger partial charge < -0.3 is 5.32 Å². The van der Waals surface area contributed by atoms with Gasteiger partial charge in [-0.25, -0.2) is 0 Å². The fourth-order valence-electron chi connectivity index (χ4n) is 6.56. The van der Waals surface area contributed by atoms with Crippen molar-refractivity contribution in [2.45, 2.75) is 65.3 Å². The fourth-order valence-corrected chi connectivity index (χ4v) is 6.56. The van der Waals surface area contributed by atoms with E-state index in [9.17, 15) is 9.59 Å². The highest BCUT2D eigenvalue weighted by Gasteiger charge is 2.59. The molecule has 0 aromatic rings. The van der Waals surface area contributed by atoms with Gasteiger partial charge in [-0.2, -0.15) is 0 Å². The van der Waals surface area contributed by atoms with E-state index in [-0.39, 0.29) is 22.7 Å². The third-order valence-corrected chi connectivity index (χ3v) is 7.95. The molecule has 4 aliphatic rings. The minimum atomic E-state index is -0.0950. The van der Waals surface area contributed by atoms with Crippen LogP contribution in [0.3, 0.4) is 0 Å². The SMILES string of the molecule is CCCN[C@@H]1C[C@@H]2[C@H](CC[C@]3(C)C(=O)CC[C@@H]23)[C@@]2(C)C=CC(=O)C=C12. The summed E-state index contributed by atoms with van der Waals surface area (Å²) in [5.74, 6) is 2.29. The summed E-state index contributed by atoms with van der Waals surface area (Å²) in [5, 5.41) is 3.71. The Bertz CT molecular complexity index is 663. The maximum atomic E-state index is 12.6. The van der Waals surface area contributed by atoms with Crippen LogP contribution in [0.1, 0.15) is 59.3 Å². The van der Waals surface area contributed by atoms with Gasteiger partial charge in [-0.15, -0.1) is 0 Å². The molecule has 136 valence electrons. The zero-order valence-electron chi connectivity index (χ0n) is 15.8. The summed E-state index contributed by atoms with van der Waals surface area (Å²) >= 11 is 0. The number of Topliss-reactive ketones (excluding diaryl/α,β-unsaturated/α-hetero) is 1. The highest BCUT2D eigenvalue weighted by atomic mass is 16.1. The molecule has 0 aromatic carbocycles. The third-order valence-electron chi connectivity index (χ3n) is 7.95. The Hall–Kier alpha value is -1.22. The predicted octanol–water partition coefficient (Wildman–Crippen LogP) is 3.84. The van der Waals surface area contributed by atoms with Crippen LogP contribution in [0.2, 0.25) is 0 Å². The quantitative estimate of drug-likeness (QED) is 0.848. The van der Waals surface area contributed by atoms with Gasteiger partial charge in [0.05, 0.1) is 0 Å². The molecule has 4 aliphatic carbocycles. The van der Waals surface area contributed by atoms with Crippen molar-refractivity contribution >= 4 is 11.6 Å². The Balaban J connectivity index is 1.73. The van der Waals surface area contributed by atoms with Crippen LogP contribution in [0.4, 0.5) is 0 Å². The highest BCUT2D eigenvalue weighted by Crippen LogP contribution is 2.63. The van der Waals surface area contributed by atoms with E-state index in [2.05, 4.69) is 32.2 Å². The molecule has 0 bridgehead atoms. The molecule has 3 heteroatoms. The van der Waals surface area contributed by atoms with Gasteiger partial charge in [-0.05, 0) is 74.1 Å². The van der Waals surface area contributed by atoms with Gasteiger partial charge in [0, 0.05) is 23.3 Å². The third kappa shape index (κ3) is 2.42. The lowest BCUT2D eigenvalue weighted by molar-refractivity contribution is -0.131. The van der Waals surface area contributed by atoms with Crippen LogP contribution in [0.5, 0.6) is 0 Å². The van der Waals surface area contributed by atoms with Crippen LogP contribution in [0.15, 0.2) is 23.8 Å². The van der Waals surface area contributed by atoms with Crippen molar-refractivity contribution in [2.24, 2.45) is 28.6 Å². The molecule has 3 nitrogen and oxygen atoms in total. The van der Waals surface area contributed by atoms with Crippen LogP contribution in [-0.4, -0.2) is 24.2 Å². The molecule has 0 aromatic heterocycles. The van der Waals surface area contributed by atoms with Gasteiger partial charge in [0.15, 0.2) is 5.78 Å². The molecule has 0 radical (unpaired) electrons. The molecule has 0 saturated heterocycles. The highest BCUT2D eigenvalue weighted by molar-refractivity contribution is 6.01. The van der Waals surface area contributed by atoms with Crippen molar-refractivity contribution in [1.29, 1.82) is 0 Å². The van der Waals surface area contributed by atoms with E-state index in [0.717, 1.165) is 45.1 Å². The van der Waals surface area contributed by atoms with Crippen LogP contribution >= 0.6 is 0 Å². The monoisotopic (exact) mass is 341 g/mol. The largest absolute Gasteiger partial charge is 0.310 e. The predicted molar refractivity (Wildman–Crippen MR) is 99.1 cm³/mol. The summed E-state index contributed by atoms with van der Waals surface area (Å²) in [5.41, 5.74) is 1.17. The maximum absolute atomic E-state index is 12.6. The molecule has 0 amide bonds. The first kappa shape index (κ1) is 17.2. The summed E-state index contributed by atoms with van der Waals surface area (Å²) in [6.45, 7) is 7.73. The van der Waals surface area contributed by atoms with Crippen molar-refractivity contribution in [2.75, 3.05) is 6.54 Å². The van der Waals surface area contributed by atoms with Crippen molar-refractivity contribution in [3.63, 3.8) is 0 Å². The molecular weight excluding hydrogens is 310 g/mol. The topological polar surface area (TPSA) is 46.2 Å². The minimum absolute atomic E-state index is 0.0325. The van der Waals surface area contributed by atoms with Crippen LogP contribution < -0.4 is 5.32 Å². The Morgan fingerprint density at radius 3 is 2.76 bits per heavy atom. The smallest absolute Gasteiger partial charge is 0.178 e. The van der Waals surface area contributed by atoms with E-state index in [1.54, 1.807) is 6.08 Å². The van der Waals surface area contributed by atoms with Crippen molar-refractivity contribution in [1.82, 2.24) is 5.32 Å². The van der Waals surface area contributed by atoms with Crippen molar-refractivity contribution in [3.8, 4) is 0 Å². The Kier molecular flexibility index (Phi) is 4.06. The Morgan fingerprint density at radius 1 is 1.20 bits per heavy atom. The number of carbonyl (C=O) groups excluding carboxylic acids is 2. The summed E-state index contributed by atoms with van der Waals surface area (Å²) in [6, 6.07) is 0.276. The normalized spacial score (nSPS) is 45.6. The number of hydrogen-bond acceptors (Lipinski definition) is 3. The zero-order chi connectivity index (χ0) is 17.8. The molecule has 0 heterocycles. The molecule has 0 unspecified atom stereocenters. The second-order valence-electron chi connectivity index (χ2n) is 9.16. The van der Waals surface area contributed by atoms with Crippen molar-refractivity contribution < 1.29 is 9.59 Å². The number of hydrogen-bond donors (Lipinski definition) is 1. The lowest BCUT2D eigenvalue weighted by Gasteiger charge is -2.57. The molecular formula is C22H31NO2. The van der Waals surface area contributed by atoms with Gasteiger partial charge in [-0.1, -0.05) is 26.8 Å². The molecule has 3 fully saturated rings. The molecule has 6 atom stereocenters. The number of fused-ring (bicyclic) bond motifs is 5. The number of allylic oxidation sites excluding steroid dienone is 3. The second-order valence-corrected chi connectivity index (χ2v) is 9.16. The second kappa shape index (κ2) is 5.90. The lowest BCUT2D eigenvalue weighted by Crippen LogP contribution is -2.55. The lowest BCUT2D eigenvalue weighted by atomic mass is 9.47. The van der Waals surface area contributed by atoms with Gasteiger partial charge >= 0.3 is 0 Å². The molecule has 25 heavy (non-hydrogen) atoms. The molecule has 0 spiro atoms. The molecule has 4 rings (SSSR count). The first-order chi connectivity index (χ1) is 11.9. The minimum Gasteiger partial charge on any atom is -0.310 e. The Morgan fingerprint density at radius 2 is 2.00 bits per heavy atom. The average Bonchev–Trinajstić information content (AvgIpc) is 2.89. The first-order valence-corrected chi connectivity index (χ1v) is 10.1. The number of carbonyl (C=O) groups is 2. The summed E-state index contributed by atoms with van der Waals surface area (Å²) < 4.78 is 0. The van der Waals surface area contributed by atoms with Gasteiger partial charge in [-0.3, -0.25) is 9.59 Å². The molecule has 3 saturated carbocycles. The van der Waals surface area contributed by atoms with Gasteiger partial charge in [0.25, 0.3) is 0 Å². The standard InChI is InChI=1S/C22H31NO2/c1-4-11-23-19-13-15-16-5-6-20(25)22(16,3)10-8-17(15)21(2)9-7-14(24)12-18(19)21/h7,9,12,15-17,19,23H,4-6,8,10-11,13H2,1-3H3/t15-,16-,17-,19+,21+,22-/m0/s1. The van der Waals surface area contributed by atoms with Crippen LogP contribution in [0, 0.1) is 28.6 Å². The first-order valence-electron chi connectivity index (χ1n) is 10.1. The number of rotatable bonds is 3. The van der Waals surface area contributed by atoms with E-state index < -0.39 is 0 Å². The van der Waals surface area contributed by atoms with E-state index in [0.29, 0.717) is 23.5 Å².